The molecule has 3 aromatic rings. The molecule has 0 aromatic heterocycles. The summed E-state index contributed by atoms with van der Waals surface area (Å²) in [6, 6.07) is 15.8. The quantitative estimate of drug-likeness (QED) is 0.511. The smallest absolute Gasteiger partial charge is 0.255 e. The number of amides is 2. The average Bonchev–Trinajstić information content (AvgIpc) is 3.12. The number of nitrogens with zero attached hydrogens (tertiary/aromatic N) is 1. The number of rotatable bonds is 8. The first-order valence-corrected chi connectivity index (χ1v) is 11.1. The molecular formula is C26H24ClFN2O4. The third kappa shape index (κ3) is 4.70. The van der Waals surface area contributed by atoms with Crippen molar-refractivity contribution in [1.29, 1.82) is 0 Å². The van der Waals surface area contributed by atoms with Crippen LogP contribution in [0.25, 0.3) is 0 Å². The third-order valence-electron chi connectivity index (χ3n) is 5.82. The van der Waals surface area contributed by atoms with Crippen LogP contribution in [0.4, 0.5) is 4.39 Å². The summed E-state index contributed by atoms with van der Waals surface area (Å²) >= 11 is 6.19. The highest BCUT2D eigenvalue weighted by Crippen LogP contribution is 2.36. The van der Waals surface area contributed by atoms with E-state index in [1.54, 1.807) is 38.5 Å². The van der Waals surface area contributed by atoms with Gasteiger partial charge in [-0.25, -0.2) is 4.39 Å². The lowest BCUT2D eigenvalue weighted by atomic mass is 10.0. The molecule has 3 aromatic carbocycles. The second-order valence-electron chi connectivity index (χ2n) is 7.89. The lowest BCUT2D eigenvalue weighted by Gasteiger charge is -2.25. The number of benzene rings is 3. The van der Waals surface area contributed by atoms with Crippen molar-refractivity contribution < 1.29 is 23.5 Å². The molecule has 1 aliphatic heterocycles. The monoisotopic (exact) mass is 482 g/mol. The van der Waals surface area contributed by atoms with Gasteiger partial charge in [-0.3, -0.25) is 9.59 Å². The van der Waals surface area contributed by atoms with E-state index in [2.05, 4.69) is 5.32 Å². The molecule has 1 heterocycles. The highest BCUT2D eigenvalue weighted by molar-refractivity contribution is 6.31. The van der Waals surface area contributed by atoms with Crippen LogP contribution in [-0.4, -0.2) is 37.5 Å². The van der Waals surface area contributed by atoms with Crippen LogP contribution >= 0.6 is 11.6 Å². The number of nitrogens with one attached hydrogen (secondary N) is 1. The summed E-state index contributed by atoms with van der Waals surface area (Å²) in [4.78, 5) is 27.9. The van der Waals surface area contributed by atoms with Crippen LogP contribution in [-0.2, 0) is 17.8 Å². The predicted molar refractivity (Wildman–Crippen MR) is 127 cm³/mol. The number of carbonyl (C=O) groups is 2. The van der Waals surface area contributed by atoms with Crippen molar-refractivity contribution in [3.8, 4) is 11.5 Å². The lowest BCUT2D eigenvalue weighted by molar-refractivity contribution is -0.125. The molecule has 2 amide bonds. The summed E-state index contributed by atoms with van der Waals surface area (Å²) in [6.45, 7) is 0.451. The van der Waals surface area contributed by atoms with Crippen LogP contribution in [0.15, 0.2) is 60.7 Å². The molecule has 0 fully saturated rings. The predicted octanol–water partition coefficient (Wildman–Crippen LogP) is 4.55. The zero-order valence-corrected chi connectivity index (χ0v) is 19.6. The van der Waals surface area contributed by atoms with Gasteiger partial charge in [0.1, 0.15) is 11.9 Å². The molecule has 176 valence electrons. The van der Waals surface area contributed by atoms with Crippen LogP contribution in [0, 0.1) is 5.82 Å². The number of carbonyl (C=O) groups excluding carboxylic acids is 2. The molecule has 0 unspecified atom stereocenters. The molecule has 0 saturated carbocycles. The second kappa shape index (κ2) is 10.1. The molecule has 0 radical (unpaired) electrons. The fourth-order valence-corrected chi connectivity index (χ4v) is 4.34. The van der Waals surface area contributed by atoms with E-state index in [0.717, 1.165) is 5.56 Å². The zero-order valence-electron chi connectivity index (χ0n) is 18.8. The minimum atomic E-state index is -0.810. The third-order valence-corrected chi connectivity index (χ3v) is 6.18. The van der Waals surface area contributed by atoms with Crippen molar-refractivity contribution in [2.24, 2.45) is 0 Å². The van der Waals surface area contributed by atoms with Crippen LogP contribution in [0.3, 0.4) is 0 Å². The van der Waals surface area contributed by atoms with Gasteiger partial charge in [0.2, 0.25) is 5.91 Å². The Morgan fingerprint density at radius 3 is 2.56 bits per heavy atom. The standard InChI is InChI=1S/C26H24ClFN2O4/c1-33-22-10-7-16(13-23(22)34-2)11-12-29-25(31)24-19-5-3-4-6-20(19)26(32)30(24)15-17-8-9-18(28)14-21(17)27/h3-10,13-14,24H,11-12,15H2,1-2H3,(H,29,31)/t24-/m1/s1. The van der Waals surface area contributed by atoms with Crippen molar-refractivity contribution >= 4 is 23.4 Å². The maximum Gasteiger partial charge on any atom is 0.255 e. The Bertz CT molecular complexity index is 1230. The Morgan fingerprint density at radius 2 is 1.82 bits per heavy atom. The summed E-state index contributed by atoms with van der Waals surface area (Å²) in [5, 5.41) is 3.15. The van der Waals surface area contributed by atoms with Crippen molar-refractivity contribution in [3.63, 3.8) is 0 Å². The maximum atomic E-state index is 13.5. The normalized spacial score (nSPS) is 14.6. The Labute approximate surface area is 202 Å². The van der Waals surface area contributed by atoms with Gasteiger partial charge in [-0.15, -0.1) is 0 Å². The first kappa shape index (κ1) is 23.6. The van der Waals surface area contributed by atoms with Gasteiger partial charge in [0.05, 0.1) is 14.2 Å². The second-order valence-corrected chi connectivity index (χ2v) is 8.30. The van der Waals surface area contributed by atoms with Crippen molar-refractivity contribution in [2.45, 2.75) is 19.0 Å². The van der Waals surface area contributed by atoms with Crippen molar-refractivity contribution in [1.82, 2.24) is 10.2 Å². The summed E-state index contributed by atoms with van der Waals surface area (Å²) < 4.78 is 24.1. The molecule has 0 spiro atoms. The molecule has 4 rings (SSSR count). The van der Waals surface area contributed by atoms with Crippen LogP contribution in [0.1, 0.15) is 33.1 Å². The minimum Gasteiger partial charge on any atom is -0.493 e. The van der Waals surface area contributed by atoms with E-state index in [1.807, 2.05) is 18.2 Å². The molecular weight excluding hydrogens is 459 g/mol. The Morgan fingerprint density at radius 1 is 1.06 bits per heavy atom. The SMILES string of the molecule is COc1ccc(CCNC(=O)[C@H]2c3ccccc3C(=O)N2Cc2ccc(F)cc2Cl)cc1OC. The molecule has 8 heteroatoms. The van der Waals surface area contributed by atoms with E-state index in [4.69, 9.17) is 21.1 Å². The van der Waals surface area contributed by atoms with Gasteiger partial charge >= 0.3 is 0 Å². The first-order valence-electron chi connectivity index (χ1n) is 10.8. The number of hydrogen-bond donors (Lipinski definition) is 1. The summed E-state index contributed by atoms with van der Waals surface area (Å²) in [6.07, 6.45) is 0.568. The zero-order chi connectivity index (χ0) is 24.2. The van der Waals surface area contributed by atoms with Gasteiger partial charge in [0.25, 0.3) is 5.91 Å². The Hall–Kier alpha value is -3.58. The van der Waals surface area contributed by atoms with Crippen LogP contribution in [0.5, 0.6) is 11.5 Å². The van der Waals surface area contributed by atoms with E-state index in [1.165, 1.54) is 23.1 Å². The average molecular weight is 483 g/mol. The molecule has 0 bridgehead atoms. The lowest BCUT2D eigenvalue weighted by Crippen LogP contribution is -2.39. The Balaban J connectivity index is 1.51. The summed E-state index contributed by atoms with van der Waals surface area (Å²) in [5.41, 5.74) is 2.64. The number of hydrogen-bond acceptors (Lipinski definition) is 4. The van der Waals surface area contributed by atoms with Gasteiger partial charge in [0.15, 0.2) is 11.5 Å². The number of ether oxygens (including phenoxy) is 2. The molecule has 34 heavy (non-hydrogen) atoms. The molecule has 1 N–H and O–H groups in total. The maximum absolute atomic E-state index is 13.5. The Kier molecular flexibility index (Phi) is 7.03. The van der Waals surface area contributed by atoms with E-state index in [-0.39, 0.29) is 23.4 Å². The molecule has 1 atom stereocenters. The summed E-state index contributed by atoms with van der Waals surface area (Å²) in [5.74, 6) is 0.220. The fraction of sp³-hybridized carbons (Fsp3) is 0.231. The topological polar surface area (TPSA) is 67.9 Å². The number of halogens is 2. The molecule has 0 saturated heterocycles. The highest BCUT2D eigenvalue weighted by atomic mass is 35.5. The van der Waals surface area contributed by atoms with Gasteiger partial charge < -0.3 is 19.7 Å². The van der Waals surface area contributed by atoms with Gasteiger partial charge in [0, 0.05) is 23.7 Å². The van der Waals surface area contributed by atoms with Crippen molar-refractivity contribution in [2.75, 3.05) is 20.8 Å². The molecule has 1 aliphatic rings. The largest absolute Gasteiger partial charge is 0.493 e. The highest BCUT2D eigenvalue weighted by Gasteiger charge is 2.40. The number of fused-ring (bicyclic) bond motifs is 1. The van der Waals surface area contributed by atoms with E-state index >= 15 is 0 Å². The summed E-state index contributed by atoms with van der Waals surface area (Å²) in [7, 11) is 3.14. The van der Waals surface area contributed by atoms with Gasteiger partial charge in [-0.2, -0.15) is 0 Å². The fourth-order valence-electron chi connectivity index (χ4n) is 4.11. The minimum absolute atomic E-state index is 0.0837. The van der Waals surface area contributed by atoms with Gasteiger partial charge in [-0.05, 0) is 53.4 Å². The van der Waals surface area contributed by atoms with E-state index in [9.17, 15) is 14.0 Å². The van der Waals surface area contributed by atoms with Crippen molar-refractivity contribution in [3.05, 3.63) is 93.8 Å². The van der Waals surface area contributed by atoms with Crippen LogP contribution in [0.2, 0.25) is 5.02 Å². The van der Waals surface area contributed by atoms with E-state index < -0.39 is 11.9 Å². The molecule has 0 aliphatic carbocycles. The first-order chi connectivity index (χ1) is 16.4. The van der Waals surface area contributed by atoms with E-state index in [0.29, 0.717) is 41.2 Å². The van der Waals surface area contributed by atoms with Gasteiger partial charge in [-0.1, -0.05) is 41.9 Å². The van der Waals surface area contributed by atoms with Crippen LogP contribution < -0.4 is 14.8 Å². The number of methoxy groups -OCH3 is 2. The molecule has 6 nitrogen and oxygen atoms in total.